The summed E-state index contributed by atoms with van der Waals surface area (Å²) in [6.45, 7) is 2.69. The molecule has 1 fully saturated rings. The average Bonchev–Trinajstić information content (AvgIpc) is 3.68. The van der Waals surface area contributed by atoms with E-state index in [1.54, 1.807) is 24.3 Å². The molecule has 4 aromatic carbocycles. The molecule has 0 bridgehead atoms. The number of nitro groups is 2. The van der Waals surface area contributed by atoms with Crippen LogP contribution in [-0.4, -0.2) is 79.2 Å². The van der Waals surface area contributed by atoms with Crippen molar-refractivity contribution in [2.45, 2.75) is 25.7 Å². The molecule has 2 heterocycles. The zero-order chi connectivity index (χ0) is 40.9. The minimum absolute atomic E-state index is 0.0400. The van der Waals surface area contributed by atoms with Crippen LogP contribution in [0, 0.1) is 26.1 Å². The Bertz CT molecular complexity index is 2430. The summed E-state index contributed by atoms with van der Waals surface area (Å²) in [4.78, 5) is 62.4. The van der Waals surface area contributed by atoms with Crippen molar-refractivity contribution < 1.29 is 38.2 Å². The van der Waals surface area contributed by atoms with E-state index in [1.807, 2.05) is 18.2 Å². The summed E-state index contributed by atoms with van der Waals surface area (Å²) >= 11 is 6.62. The van der Waals surface area contributed by atoms with Crippen molar-refractivity contribution in [3.8, 4) is 11.3 Å². The van der Waals surface area contributed by atoms with Crippen LogP contribution in [0.25, 0.3) is 22.2 Å². The fourth-order valence-electron chi connectivity index (χ4n) is 7.23. The summed E-state index contributed by atoms with van der Waals surface area (Å²) in [7, 11) is 1.29. The SMILES string of the molecule is COC(=O)c1ccc(Nc2cc(N3CCC(C(=O)NCCCOCCCNc4ccc([N+](=O)[O-])cc4[N+](=O)[O-])CC3)c3noc4c3c2C(=O)c2ccccc2-4)c(Cl)c1. The molecule has 0 saturated carbocycles. The quantitative estimate of drug-likeness (QED) is 0.0378. The molecule has 18 heteroatoms. The van der Waals surface area contributed by atoms with E-state index in [4.69, 9.17) is 25.6 Å². The third-order valence-corrected chi connectivity index (χ3v) is 10.5. The number of hydrogen-bond donors (Lipinski definition) is 3. The fourth-order valence-corrected chi connectivity index (χ4v) is 7.46. The first-order valence-electron chi connectivity index (χ1n) is 18.6. The van der Waals surface area contributed by atoms with Crippen molar-refractivity contribution in [1.82, 2.24) is 10.5 Å². The molecule has 58 heavy (non-hydrogen) atoms. The monoisotopic (exact) mass is 811 g/mol. The summed E-state index contributed by atoms with van der Waals surface area (Å²) in [5, 5.41) is 36.8. The van der Waals surface area contributed by atoms with Crippen LogP contribution in [0.4, 0.5) is 34.1 Å². The van der Waals surface area contributed by atoms with Gasteiger partial charge in [-0.05, 0) is 56.0 Å². The Hall–Kier alpha value is -6.59. The number of carbonyl (C=O) groups excluding carboxylic acids is 3. The van der Waals surface area contributed by atoms with E-state index in [0.29, 0.717) is 110 Å². The Morgan fingerprint density at radius 1 is 0.931 bits per heavy atom. The Morgan fingerprint density at radius 3 is 2.36 bits per heavy atom. The molecule has 0 atom stereocenters. The highest BCUT2D eigenvalue weighted by Gasteiger charge is 2.35. The number of benzene rings is 4. The number of anilines is 4. The molecule has 1 aliphatic carbocycles. The van der Waals surface area contributed by atoms with Crippen LogP contribution in [0.3, 0.4) is 0 Å². The number of ether oxygens (including phenoxy) is 2. The van der Waals surface area contributed by atoms with Crippen LogP contribution in [0.1, 0.15) is 52.0 Å². The predicted octanol–water partition coefficient (Wildman–Crippen LogP) is 7.28. The number of esters is 1. The Labute approximate surface area is 335 Å². The van der Waals surface area contributed by atoms with Gasteiger partial charge in [0.2, 0.25) is 5.91 Å². The highest BCUT2D eigenvalue weighted by atomic mass is 35.5. The number of halogens is 1. The highest BCUT2D eigenvalue weighted by Crippen LogP contribution is 2.47. The number of nitro benzene ring substituents is 2. The van der Waals surface area contributed by atoms with E-state index in [-0.39, 0.29) is 45.3 Å². The zero-order valence-electron chi connectivity index (χ0n) is 31.2. The molecular formula is C40H38ClN7O10. The van der Waals surface area contributed by atoms with Crippen LogP contribution < -0.4 is 20.9 Å². The Balaban J connectivity index is 0.942. The second-order valence-corrected chi connectivity index (χ2v) is 14.2. The summed E-state index contributed by atoms with van der Waals surface area (Å²) in [6, 6.07) is 17.2. The molecular weight excluding hydrogens is 774 g/mol. The predicted molar refractivity (Wildman–Crippen MR) is 215 cm³/mol. The summed E-state index contributed by atoms with van der Waals surface area (Å²) < 4.78 is 16.4. The van der Waals surface area contributed by atoms with Gasteiger partial charge in [0.1, 0.15) is 11.2 Å². The molecule has 2 aliphatic rings. The number of rotatable bonds is 16. The first-order valence-corrected chi connectivity index (χ1v) is 19.0. The van der Waals surface area contributed by atoms with Gasteiger partial charge < -0.3 is 34.8 Å². The summed E-state index contributed by atoms with van der Waals surface area (Å²) in [5.74, 6) is -0.481. The second-order valence-electron chi connectivity index (χ2n) is 13.8. The number of nitrogens with zero attached hydrogens (tertiary/aromatic N) is 4. The van der Waals surface area contributed by atoms with Crippen molar-refractivity contribution in [1.29, 1.82) is 0 Å². The van der Waals surface area contributed by atoms with Crippen molar-refractivity contribution >= 4 is 74.3 Å². The summed E-state index contributed by atoms with van der Waals surface area (Å²) in [5.41, 5.74) is 3.52. The van der Waals surface area contributed by atoms with Gasteiger partial charge in [-0.1, -0.05) is 41.0 Å². The molecule has 0 radical (unpaired) electrons. The van der Waals surface area contributed by atoms with Crippen LogP contribution in [0.5, 0.6) is 0 Å². The number of aromatic nitrogens is 1. The molecule has 300 valence electrons. The number of hydrogen-bond acceptors (Lipinski definition) is 14. The van der Waals surface area contributed by atoms with Gasteiger partial charge in [0.15, 0.2) is 11.5 Å². The number of piperidine rings is 1. The largest absolute Gasteiger partial charge is 0.465 e. The third kappa shape index (κ3) is 8.12. The zero-order valence-corrected chi connectivity index (χ0v) is 32.0. The Kier molecular flexibility index (Phi) is 11.8. The van der Waals surface area contributed by atoms with Gasteiger partial charge in [0, 0.05) is 62.5 Å². The molecule has 3 N–H and O–H groups in total. The van der Waals surface area contributed by atoms with E-state index in [9.17, 15) is 34.6 Å². The maximum atomic E-state index is 14.1. The topological polar surface area (TPSA) is 221 Å². The molecule has 1 saturated heterocycles. The molecule has 1 amide bonds. The van der Waals surface area contributed by atoms with Crippen LogP contribution in [-0.2, 0) is 14.3 Å². The maximum Gasteiger partial charge on any atom is 0.337 e. The fraction of sp³-hybridized carbons (Fsp3) is 0.300. The van der Waals surface area contributed by atoms with Crippen LogP contribution in [0.15, 0.2) is 71.3 Å². The number of ketones is 1. The Morgan fingerprint density at radius 2 is 1.66 bits per heavy atom. The minimum atomic E-state index is -0.683. The van der Waals surface area contributed by atoms with Crippen molar-refractivity contribution in [3.05, 3.63) is 109 Å². The number of non-ortho nitro benzene ring substituents is 1. The lowest BCUT2D eigenvalue weighted by atomic mass is 9.86. The van der Waals surface area contributed by atoms with E-state index >= 15 is 0 Å². The first-order chi connectivity index (χ1) is 28.0. The lowest BCUT2D eigenvalue weighted by Gasteiger charge is -2.33. The van der Waals surface area contributed by atoms with Gasteiger partial charge in [-0.25, -0.2) is 4.79 Å². The lowest BCUT2D eigenvalue weighted by molar-refractivity contribution is -0.393. The number of nitrogens with one attached hydrogen (secondary N) is 3. The van der Waals surface area contributed by atoms with E-state index in [0.717, 1.165) is 11.8 Å². The van der Waals surface area contributed by atoms with Gasteiger partial charge in [-0.3, -0.25) is 29.8 Å². The van der Waals surface area contributed by atoms with Crippen molar-refractivity contribution in [3.63, 3.8) is 0 Å². The first kappa shape index (κ1) is 39.6. The summed E-state index contributed by atoms with van der Waals surface area (Å²) in [6.07, 6.45) is 2.31. The van der Waals surface area contributed by atoms with Crippen LogP contribution in [0.2, 0.25) is 5.02 Å². The number of carbonyl (C=O) groups is 3. The van der Waals surface area contributed by atoms with Crippen molar-refractivity contribution in [2.24, 2.45) is 5.92 Å². The van der Waals surface area contributed by atoms with E-state index < -0.39 is 15.8 Å². The van der Waals surface area contributed by atoms with Crippen molar-refractivity contribution in [2.75, 3.05) is 62.0 Å². The second kappa shape index (κ2) is 17.3. The number of amides is 1. The minimum Gasteiger partial charge on any atom is -0.465 e. The number of fused-ring (bicyclic) bond motifs is 2. The smallest absolute Gasteiger partial charge is 0.337 e. The van der Waals surface area contributed by atoms with Crippen LogP contribution >= 0.6 is 11.6 Å². The third-order valence-electron chi connectivity index (χ3n) is 10.2. The van der Waals surface area contributed by atoms with E-state index in [1.165, 1.54) is 25.3 Å². The normalized spacial score (nSPS) is 13.6. The molecule has 1 aliphatic heterocycles. The maximum absolute atomic E-state index is 14.1. The van der Waals surface area contributed by atoms with Gasteiger partial charge in [0.25, 0.3) is 11.4 Å². The molecule has 5 aromatic rings. The van der Waals surface area contributed by atoms with E-state index in [2.05, 4.69) is 26.0 Å². The van der Waals surface area contributed by atoms with Gasteiger partial charge in [-0.15, -0.1) is 0 Å². The molecule has 17 nitrogen and oxygen atoms in total. The van der Waals surface area contributed by atoms with Gasteiger partial charge in [-0.2, -0.15) is 0 Å². The average molecular weight is 812 g/mol. The number of methoxy groups -OCH3 is 1. The van der Waals surface area contributed by atoms with Gasteiger partial charge >= 0.3 is 5.97 Å². The highest BCUT2D eigenvalue weighted by molar-refractivity contribution is 6.34. The molecule has 1 aromatic heterocycles. The molecule has 7 rings (SSSR count). The van der Waals surface area contributed by atoms with Gasteiger partial charge in [0.05, 0.1) is 61.6 Å². The standard InChI is InChI=1S/C40H38ClN7O10/c1-56-40(51)24-8-10-29(28(41)20-24)44-31-22-33(36-35-34(31)37(49)26-6-2-3-7-27(26)38(35)58-45-36)46-16-12-23(13-17-46)39(50)43-15-5-19-57-18-4-14-42-30-11-9-25(47(52)53)21-32(30)48(54)55/h2-3,6-11,20-23,42,44H,4-5,12-19H2,1H3,(H,43,50). The molecule has 0 unspecified atom stereocenters. The molecule has 0 spiro atoms. The lowest BCUT2D eigenvalue weighted by Crippen LogP contribution is -2.41.